The summed E-state index contributed by atoms with van der Waals surface area (Å²) in [6.07, 6.45) is 3.67. The topological polar surface area (TPSA) is 54.7 Å². The Morgan fingerprint density at radius 1 is 1.15 bits per heavy atom. The van der Waals surface area contributed by atoms with Gasteiger partial charge in [0, 0.05) is 6.54 Å². The fraction of sp³-hybridized carbons (Fsp3) is 0.450. The van der Waals surface area contributed by atoms with Gasteiger partial charge < -0.3 is 14.5 Å². The highest BCUT2D eigenvalue weighted by molar-refractivity contribution is 5.85. The average Bonchev–Trinajstić information content (AvgIpc) is 3.08. The monoisotopic (exact) mass is 378 g/mol. The van der Waals surface area contributed by atoms with E-state index < -0.39 is 0 Å². The van der Waals surface area contributed by atoms with Crippen LogP contribution in [0.4, 0.5) is 0 Å². The summed E-state index contributed by atoms with van der Waals surface area (Å²) < 4.78 is 11.3. The molecule has 142 valence electrons. The molecule has 0 saturated carbocycles. The van der Waals surface area contributed by atoms with Crippen molar-refractivity contribution in [3.05, 3.63) is 54.0 Å². The molecule has 1 aromatic heterocycles. The third-order valence-corrected chi connectivity index (χ3v) is 4.53. The summed E-state index contributed by atoms with van der Waals surface area (Å²) in [7, 11) is 0. The van der Waals surface area contributed by atoms with Crippen LogP contribution < -0.4 is 10.1 Å². The van der Waals surface area contributed by atoms with E-state index in [-0.39, 0.29) is 31.0 Å². The molecule has 0 radical (unpaired) electrons. The Morgan fingerprint density at radius 2 is 1.88 bits per heavy atom. The molecule has 1 aliphatic rings. The van der Waals surface area contributed by atoms with E-state index in [0.717, 1.165) is 24.6 Å². The molecule has 1 N–H and O–H groups in total. The molecule has 26 heavy (non-hydrogen) atoms. The lowest BCUT2D eigenvalue weighted by Crippen LogP contribution is -2.41. The van der Waals surface area contributed by atoms with E-state index in [1.807, 2.05) is 49.4 Å². The summed E-state index contributed by atoms with van der Waals surface area (Å²) >= 11 is 0. The number of ether oxygens (including phenoxy) is 1. The second-order valence-corrected chi connectivity index (χ2v) is 6.47. The van der Waals surface area contributed by atoms with E-state index in [2.05, 4.69) is 10.2 Å². The van der Waals surface area contributed by atoms with Gasteiger partial charge in [-0.2, -0.15) is 0 Å². The van der Waals surface area contributed by atoms with Crippen molar-refractivity contribution in [3.63, 3.8) is 0 Å². The lowest BCUT2D eigenvalue weighted by Gasteiger charge is -2.33. The Morgan fingerprint density at radius 3 is 2.54 bits per heavy atom. The Kier molecular flexibility index (Phi) is 8.01. The third-order valence-electron chi connectivity index (χ3n) is 4.53. The Hall–Kier alpha value is -1.98. The van der Waals surface area contributed by atoms with Crippen LogP contribution in [-0.4, -0.2) is 37.0 Å². The van der Waals surface area contributed by atoms with Crippen LogP contribution in [0.15, 0.2) is 46.9 Å². The minimum atomic E-state index is -0.117. The molecule has 1 saturated heterocycles. The molecule has 1 aromatic carbocycles. The van der Waals surface area contributed by atoms with Gasteiger partial charge in [0.25, 0.3) is 5.91 Å². The van der Waals surface area contributed by atoms with Crippen LogP contribution in [0.2, 0.25) is 0 Å². The molecule has 5 nitrogen and oxygen atoms in total. The SMILES string of the molecule is Cc1ccc(C(CNC(=O)COc2ccccc2)N2CCCCC2)o1.Cl. The van der Waals surface area contributed by atoms with Gasteiger partial charge in [-0.1, -0.05) is 24.6 Å². The van der Waals surface area contributed by atoms with E-state index in [1.165, 1.54) is 19.3 Å². The van der Waals surface area contributed by atoms with Crippen LogP contribution in [0, 0.1) is 6.92 Å². The first-order chi connectivity index (χ1) is 12.2. The molecule has 0 spiro atoms. The van der Waals surface area contributed by atoms with Crippen molar-refractivity contribution in [2.75, 3.05) is 26.2 Å². The van der Waals surface area contributed by atoms with E-state index in [0.29, 0.717) is 12.3 Å². The molecule has 1 amide bonds. The Labute approximate surface area is 161 Å². The number of carbonyl (C=O) groups is 1. The van der Waals surface area contributed by atoms with Gasteiger partial charge in [0.05, 0.1) is 6.04 Å². The summed E-state index contributed by atoms with van der Waals surface area (Å²) in [4.78, 5) is 14.6. The van der Waals surface area contributed by atoms with Gasteiger partial charge in [0.15, 0.2) is 6.61 Å². The standard InChI is InChI=1S/C20H26N2O3.ClH/c1-16-10-11-19(25-16)18(22-12-6-3-7-13-22)14-21-20(23)15-24-17-8-4-2-5-9-17;/h2,4-5,8-11,18H,3,6-7,12-15H2,1H3,(H,21,23);1H. The molecule has 2 heterocycles. The molecule has 6 heteroatoms. The van der Waals surface area contributed by atoms with Crippen LogP contribution in [0.25, 0.3) is 0 Å². The largest absolute Gasteiger partial charge is 0.484 e. The molecule has 2 aromatic rings. The van der Waals surface area contributed by atoms with Gasteiger partial charge in [-0.3, -0.25) is 9.69 Å². The number of rotatable bonds is 7. The first kappa shape index (κ1) is 20.3. The lowest BCUT2D eigenvalue weighted by atomic mass is 10.1. The van der Waals surface area contributed by atoms with Crippen LogP contribution in [0.5, 0.6) is 5.75 Å². The highest BCUT2D eigenvalue weighted by Gasteiger charge is 2.25. The zero-order chi connectivity index (χ0) is 17.5. The predicted octanol–water partition coefficient (Wildman–Crippen LogP) is 3.73. The zero-order valence-electron chi connectivity index (χ0n) is 15.1. The number of nitrogens with zero attached hydrogens (tertiary/aromatic N) is 1. The zero-order valence-corrected chi connectivity index (χ0v) is 16.0. The van der Waals surface area contributed by atoms with Crippen LogP contribution >= 0.6 is 12.4 Å². The van der Waals surface area contributed by atoms with Crippen molar-refractivity contribution in [3.8, 4) is 5.75 Å². The Balaban J connectivity index is 0.00000243. The van der Waals surface area contributed by atoms with Crippen molar-refractivity contribution in [2.45, 2.75) is 32.2 Å². The van der Waals surface area contributed by atoms with Crippen molar-refractivity contribution in [1.29, 1.82) is 0 Å². The number of amides is 1. The third kappa shape index (κ3) is 5.78. The Bertz CT molecular complexity index is 669. The van der Waals surface area contributed by atoms with Crippen molar-refractivity contribution in [2.24, 2.45) is 0 Å². The minimum absolute atomic E-state index is 0. The number of nitrogens with one attached hydrogen (secondary N) is 1. The maximum absolute atomic E-state index is 12.2. The maximum atomic E-state index is 12.2. The normalized spacial score (nSPS) is 15.7. The van der Waals surface area contributed by atoms with Crippen LogP contribution in [-0.2, 0) is 4.79 Å². The summed E-state index contributed by atoms with van der Waals surface area (Å²) in [5.74, 6) is 2.40. The molecule has 1 fully saturated rings. The number of aryl methyl sites for hydroxylation is 1. The minimum Gasteiger partial charge on any atom is -0.484 e. The molecule has 0 aliphatic carbocycles. The number of halogens is 1. The molecule has 1 atom stereocenters. The number of benzene rings is 1. The highest BCUT2D eigenvalue weighted by atomic mass is 35.5. The molecule has 0 bridgehead atoms. The van der Waals surface area contributed by atoms with Crippen molar-refractivity contribution >= 4 is 18.3 Å². The van der Waals surface area contributed by atoms with Crippen molar-refractivity contribution < 1.29 is 13.9 Å². The van der Waals surface area contributed by atoms with Crippen molar-refractivity contribution in [1.82, 2.24) is 10.2 Å². The molecule has 1 aliphatic heterocycles. The average molecular weight is 379 g/mol. The first-order valence-electron chi connectivity index (χ1n) is 8.97. The number of likely N-dealkylation sites (tertiary alicyclic amines) is 1. The predicted molar refractivity (Wildman–Crippen MR) is 104 cm³/mol. The van der Waals surface area contributed by atoms with E-state index in [4.69, 9.17) is 9.15 Å². The van der Waals surface area contributed by atoms with Crippen LogP contribution in [0.1, 0.15) is 36.8 Å². The van der Waals surface area contributed by atoms with Gasteiger partial charge >= 0.3 is 0 Å². The van der Waals surface area contributed by atoms with E-state index in [9.17, 15) is 4.79 Å². The lowest BCUT2D eigenvalue weighted by molar-refractivity contribution is -0.123. The number of piperidine rings is 1. The van der Waals surface area contributed by atoms with Gasteiger partial charge in [-0.15, -0.1) is 12.4 Å². The summed E-state index contributed by atoms with van der Waals surface area (Å²) in [5.41, 5.74) is 0. The van der Waals surface area contributed by atoms with Gasteiger partial charge in [0.1, 0.15) is 17.3 Å². The van der Waals surface area contributed by atoms with Crippen LogP contribution in [0.3, 0.4) is 0 Å². The number of furan rings is 1. The summed E-state index contributed by atoms with van der Waals surface area (Å²) in [6.45, 7) is 4.59. The number of hydrogen-bond acceptors (Lipinski definition) is 4. The smallest absolute Gasteiger partial charge is 0.258 e. The second kappa shape index (κ2) is 10.2. The number of hydrogen-bond donors (Lipinski definition) is 1. The first-order valence-corrected chi connectivity index (χ1v) is 8.97. The van der Waals surface area contributed by atoms with E-state index in [1.54, 1.807) is 0 Å². The molecular formula is C20H27ClN2O3. The fourth-order valence-corrected chi connectivity index (χ4v) is 3.20. The highest BCUT2D eigenvalue weighted by Crippen LogP contribution is 2.25. The maximum Gasteiger partial charge on any atom is 0.258 e. The van der Waals surface area contributed by atoms with Gasteiger partial charge in [0.2, 0.25) is 0 Å². The second-order valence-electron chi connectivity index (χ2n) is 6.47. The van der Waals surface area contributed by atoms with Gasteiger partial charge in [-0.25, -0.2) is 0 Å². The van der Waals surface area contributed by atoms with E-state index >= 15 is 0 Å². The molecule has 1 unspecified atom stereocenters. The summed E-state index contributed by atoms with van der Waals surface area (Å²) in [6, 6.07) is 13.5. The quantitative estimate of drug-likeness (QED) is 0.797. The number of para-hydroxylation sites is 1. The molecular weight excluding hydrogens is 352 g/mol. The molecule has 3 rings (SSSR count). The van der Waals surface area contributed by atoms with Gasteiger partial charge in [-0.05, 0) is 57.1 Å². The summed E-state index contributed by atoms with van der Waals surface area (Å²) in [5, 5.41) is 2.99. The number of carbonyl (C=O) groups excluding carboxylic acids is 1. The fourth-order valence-electron chi connectivity index (χ4n) is 3.20.